The second-order valence-electron chi connectivity index (χ2n) is 6.35. The van der Waals surface area contributed by atoms with E-state index in [-0.39, 0.29) is 6.04 Å². The molecular weight excluding hydrogens is 258 g/mol. The van der Waals surface area contributed by atoms with Crippen LogP contribution in [0, 0.1) is 6.92 Å². The maximum absolute atomic E-state index is 6.51. The summed E-state index contributed by atoms with van der Waals surface area (Å²) in [5, 5.41) is 0. The Morgan fingerprint density at radius 3 is 2.52 bits per heavy atom. The number of hydrogen-bond donors (Lipinski definition) is 1. The van der Waals surface area contributed by atoms with E-state index < -0.39 is 0 Å². The van der Waals surface area contributed by atoms with Crippen molar-refractivity contribution >= 4 is 0 Å². The molecule has 0 amide bonds. The van der Waals surface area contributed by atoms with Gasteiger partial charge in [-0.2, -0.15) is 0 Å². The number of aryl methyl sites for hydroxylation is 1. The van der Waals surface area contributed by atoms with Crippen LogP contribution >= 0.6 is 0 Å². The van der Waals surface area contributed by atoms with Crippen molar-refractivity contribution < 1.29 is 0 Å². The molecular formula is C18H31N3. The third-order valence-corrected chi connectivity index (χ3v) is 4.98. The van der Waals surface area contributed by atoms with Crippen LogP contribution < -0.4 is 5.73 Å². The monoisotopic (exact) mass is 289 g/mol. The lowest BCUT2D eigenvalue weighted by Crippen LogP contribution is -2.55. The fourth-order valence-corrected chi connectivity index (χ4v) is 3.59. The average molecular weight is 289 g/mol. The van der Waals surface area contributed by atoms with Gasteiger partial charge in [0.25, 0.3) is 0 Å². The van der Waals surface area contributed by atoms with Gasteiger partial charge in [0.1, 0.15) is 0 Å². The summed E-state index contributed by atoms with van der Waals surface area (Å²) in [7, 11) is 0. The van der Waals surface area contributed by atoms with Gasteiger partial charge in [0.2, 0.25) is 0 Å². The van der Waals surface area contributed by atoms with Gasteiger partial charge < -0.3 is 5.73 Å². The van der Waals surface area contributed by atoms with Crippen LogP contribution in [-0.4, -0.2) is 48.1 Å². The molecule has 0 radical (unpaired) electrons. The fourth-order valence-electron chi connectivity index (χ4n) is 3.59. The standard InChI is InChI=1S/C18H31N3/c1-5-17(19)18(16-10-8-7-9-14(16)3)21-12-11-20(6-2)15(4)13-21/h7-10,15,17-18H,5-6,11-13,19H2,1-4H3. The Bertz CT molecular complexity index is 446. The minimum absolute atomic E-state index is 0.200. The fraction of sp³-hybridized carbons (Fsp3) is 0.667. The van der Waals surface area contributed by atoms with E-state index in [1.165, 1.54) is 11.1 Å². The highest BCUT2D eigenvalue weighted by Crippen LogP contribution is 2.29. The topological polar surface area (TPSA) is 32.5 Å². The molecule has 0 aliphatic carbocycles. The van der Waals surface area contributed by atoms with Gasteiger partial charge in [-0.1, -0.05) is 38.1 Å². The molecule has 2 N–H and O–H groups in total. The molecule has 0 spiro atoms. The summed E-state index contributed by atoms with van der Waals surface area (Å²) in [5.74, 6) is 0. The lowest BCUT2D eigenvalue weighted by molar-refractivity contribution is 0.0491. The second-order valence-corrected chi connectivity index (χ2v) is 6.35. The van der Waals surface area contributed by atoms with Crippen LogP contribution in [0.5, 0.6) is 0 Å². The Kier molecular flexibility index (Phi) is 5.80. The van der Waals surface area contributed by atoms with Gasteiger partial charge in [-0.25, -0.2) is 0 Å². The van der Waals surface area contributed by atoms with Crippen molar-refractivity contribution in [2.75, 3.05) is 26.2 Å². The highest BCUT2D eigenvalue weighted by atomic mass is 15.3. The summed E-state index contributed by atoms with van der Waals surface area (Å²) < 4.78 is 0. The zero-order valence-electron chi connectivity index (χ0n) is 14.0. The first-order valence-electron chi connectivity index (χ1n) is 8.37. The zero-order valence-corrected chi connectivity index (χ0v) is 14.0. The molecule has 21 heavy (non-hydrogen) atoms. The van der Waals surface area contributed by atoms with Crippen LogP contribution in [0.1, 0.15) is 44.4 Å². The van der Waals surface area contributed by atoms with Crippen LogP contribution in [0.15, 0.2) is 24.3 Å². The molecule has 1 saturated heterocycles. The van der Waals surface area contributed by atoms with Crippen molar-refractivity contribution in [2.45, 2.75) is 52.2 Å². The molecule has 1 fully saturated rings. The minimum atomic E-state index is 0.200. The normalized spacial score (nSPS) is 24.0. The Labute approximate surface area is 130 Å². The van der Waals surface area contributed by atoms with Crippen LogP contribution in [0.2, 0.25) is 0 Å². The van der Waals surface area contributed by atoms with E-state index in [9.17, 15) is 0 Å². The molecule has 1 aromatic carbocycles. The first-order valence-corrected chi connectivity index (χ1v) is 8.37. The Morgan fingerprint density at radius 2 is 1.95 bits per heavy atom. The first kappa shape index (κ1) is 16.5. The summed E-state index contributed by atoms with van der Waals surface area (Å²) in [4.78, 5) is 5.16. The van der Waals surface area contributed by atoms with Crippen molar-refractivity contribution in [2.24, 2.45) is 5.73 Å². The number of hydrogen-bond acceptors (Lipinski definition) is 3. The van der Waals surface area contributed by atoms with E-state index in [0.717, 1.165) is 32.6 Å². The number of piperazine rings is 1. The van der Waals surface area contributed by atoms with Crippen LogP contribution in [-0.2, 0) is 0 Å². The Balaban J connectivity index is 2.24. The Hall–Kier alpha value is -0.900. The molecule has 0 saturated carbocycles. The van der Waals surface area contributed by atoms with Gasteiger partial charge in [-0.05, 0) is 37.9 Å². The molecule has 1 aliphatic rings. The third-order valence-electron chi connectivity index (χ3n) is 4.98. The van der Waals surface area contributed by atoms with E-state index in [0.29, 0.717) is 12.1 Å². The summed E-state index contributed by atoms with van der Waals surface area (Å²) in [5.41, 5.74) is 9.27. The summed E-state index contributed by atoms with van der Waals surface area (Å²) in [6.07, 6.45) is 1.02. The maximum atomic E-state index is 6.51. The van der Waals surface area contributed by atoms with Crippen LogP contribution in [0.3, 0.4) is 0 Å². The molecule has 1 heterocycles. The van der Waals surface area contributed by atoms with Crippen LogP contribution in [0.4, 0.5) is 0 Å². The summed E-state index contributed by atoms with van der Waals surface area (Å²) in [6, 6.07) is 9.88. The summed E-state index contributed by atoms with van der Waals surface area (Å²) >= 11 is 0. The van der Waals surface area contributed by atoms with E-state index in [1.54, 1.807) is 0 Å². The number of nitrogens with two attached hydrogens (primary N) is 1. The van der Waals surface area contributed by atoms with Crippen molar-refractivity contribution in [3.05, 3.63) is 35.4 Å². The SMILES string of the molecule is CCC(N)C(c1ccccc1C)N1CCN(CC)C(C)C1. The largest absolute Gasteiger partial charge is 0.326 e. The third kappa shape index (κ3) is 3.65. The Morgan fingerprint density at radius 1 is 1.24 bits per heavy atom. The van der Waals surface area contributed by atoms with Crippen molar-refractivity contribution in [1.82, 2.24) is 9.80 Å². The molecule has 0 aromatic heterocycles. The van der Waals surface area contributed by atoms with Crippen molar-refractivity contribution in [1.29, 1.82) is 0 Å². The van der Waals surface area contributed by atoms with Gasteiger partial charge in [-0.3, -0.25) is 9.80 Å². The zero-order chi connectivity index (χ0) is 15.4. The van der Waals surface area contributed by atoms with E-state index in [4.69, 9.17) is 5.73 Å². The van der Waals surface area contributed by atoms with E-state index >= 15 is 0 Å². The lowest BCUT2D eigenvalue weighted by Gasteiger charge is -2.45. The number of likely N-dealkylation sites (N-methyl/N-ethyl adjacent to an activating group) is 1. The van der Waals surface area contributed by atoms with Gasteiger partial charge in [0.05, 0.1) is 6.04 Å². The number of rotatable bonds is 5. The predicted molar refractivity (Wildman–Crippen MR) is 90.5 cm³/mol. The molecule has 118 valence electrons. The highest BCUT2D eigenvalue weighted by Gasteiger charge is 2.31. The maximum Gasteiger partial charge on any atom is 0.0502 e. The summed E-state index contributed by atoms with van der Waals surface area (Å²) in [6.45, 7) is 13.5. The molecule has 3 nitrogen and oxygen atoms in total. The quantitative estimate of drug-likeness (QED) is 0.904. The average Bonchev–Trinajstić information content (AvgIpc) is 2.49. The molecule has 1 aliphatic heterocycles. The van der Waals surface area contributed by atoms with Gasteiger partial charge in [-0.15, -0.1) is 0 Å². The smallest absolute Gasteiger partial charge is 0.0502 e. The molecule has 2 rings (SSSR count). The van der Waals surface area contributed by atoms with E-state index in [1.807, 2.05) is 0 Å². The molecule has 3 atom stereocenters. The van der Waals surface area contributed by atoms with Gasteiger partial charge in [0.15, 0.2) is 0 Å². The number of nitrogens with zero attached hydrogens (tertiary/aromatic N) is 2. The predicted octanol–water partition coefficient (Wildman–Crippen LogP) is 2.80. The molecule has 3 unspecified atom stereocenters. The second kappa shape index (κ2) is 7.39. The van der Waals surface area contributed by atoms with Crippen molar-refractivity contribution in [3.8, 4) is 0 Å². The highest BCUT2D eigenvalue weighted by molar-refractivity contribution is 5.30. The molecule has 0 bridgehead atoms. The van der Waals surface area contributed by atoms with Gasteiger partial charge in [0, 0.05) is 31.7 Å². The van der Waals surface area contributed by atoms with E-state index in [2.05, 4.69) is 61.8 Å². The first-order chi connectivity index (χ1) is 10.1. The lowest BCUT2D eigenvalue weighted by atomic mass is 9.92. The molecule has 1 aromatic rings. The van der Waals surface area contributed by atoms with Gasteiger partial charge >= 0.3 is 0 Å². The van der Waals surface area contributed by atoms with Crippen LogP contribution in [0.25, 0.3) is 0 Å². The number of benzene rings is 1. The minimum Gasteiger partial charge on any atom is -0.326 e. The molecule has 3 heteroatoms. The van der Waals surface area contributed by atoms with Crippen molar-refractivity contribution in [3.63, 3.8) is 0 Å².